The van der Waals surface area contributed by atoms with Crippen LogP contribution in [0.5, 0.6) is 0 Å². The average molecular weight is 372 g/mol. The van der Waals surface area contributed by atoms with Crippen LogP contribution < -0.4 is 5.32 Å². The van der Waals surface area contributed by atoms with Gasteiger partial charge in [-0.3, -0.25) is 9.78 Å². The van der Waals surface area contributed by atoms with E-state index in [4.69, 9.17) is 0 Å². The Labute approximate surface area is 161 Å². The summed E-state index contributed by atoms with van der Waals surface area (Å²) in [6.07, 6.45) is 5.03. The van der Waals surface area contributed by atoms with Crippen molar-refractivity contribution < 1.29 is 9.18 Å². The molecule has 2 aromatic carbocycles. The monoisotopic (exact) mass is 372 g/mol. The van der Waals surface area contributed by atoms with E-state index in [9.17, 15) is 9.18 Å². The van der Waals surface area contributed by atoms with Crippen LogP contribution in [-0.4, -0.2) is 20.7 Å². The third-order valence-corrected chi connectivity index (χ3v) is 4.31. The average Bonchev–Trinajstić information content (AvgIpc) is 3.18. The molecule has 0 fully saturated rings. The number of amides is 1. The molecule has 0 radical (unpaired) electrons. The summed E-state index contributed by atoms with van der Waals surface area (Å²) < 4.78 is 15.1. The van der Waals surface area contributed by atoms with Crippen molar-refractivity contribution in [2.45, 2.75) is 6.54 Å². The molecular weight excluding hydrogens is 355 g/mol. The van der Waals surface area contributed by atoms with Gasteiger partial charge in [-0.2, -0.15) is 5.10 Å². The van der Waals surface area contributed by atoms with E-state index < -0.39 is 0 Å². The Morgan fingerprint density at radius 1 is 0.964 bits per heavy atom. The molecule has 1 N–H and O–H groups in total. The van der Waals surface area contributed by atoms with Crippen molar-refractivity contribution in [1.29, 1.82) is 0 Å². The summed E-state index contributed by atoms with van der Waals surface area (Å²) in [4.78, 5) is 16.3. The fourth-order valence-corrected chi connectivity index (χ4v) is 2.88. The van der Waals surface area contributed by atoms with Crippen molar-refractivity contribution in [3.05, 3.63) is 102 Å². The summed E-state index contributed by atoms with van der Waals surface area (Å²) in [5, 5.41) is 7.57. The van der Waals surface area contributed by atoms with E-state index in [1.807, 2.05) is 36.5 Å². The minimum absolute atomic E-state index is 0.195. The first-order valence-corrected chi connectivity index (χ1v) is 8.79. The fourth-order valence-electron chi connectivity index (χ4n) is 2.88. The van der Waals surface area contributed by atoms with Crippen LogP contribution in [0.4, 0.5) is 4.39 Å². The van der Waals surface area contributed by atoms with Crippen LogP contribution in [-0.2, 0) is 6.54 Å². The first kappa shape index (κ1) is 17.6. The summed E-state index contributed by atoms with van der Waals surface area (Å²) in [5.74, 6) is -0.501. The van der Waals surface area contributed by atoms with Gasteiger partial charge in [-0.05, 0) is 48.5 Å². The second kappa shape index (κ2) is 7.84. The summed E-state index contributed by atoms with van der Waals surface area (Å²) in [5.41, 5.74) is 3.74. The number of pyridine rings is 1. The topological polar surface area (TPSA) is 59.8 Å². The SMILES string of the molecule is O=C(NCc1cn(-c2ccccc2)nc1-c1ccc(F)cc1)c1ccncc1. The first-order valence-electron chi connectivity index (χ1n) is 8.79. The van der Waals surface area contributed by atoms with E-state index in [0.717, 1.165) is 16.8 Å². The molecule has 138 valence electrons. The fraction of sp³-hybridized carbons (Fsp3) is 0.0455. The Balaban J connectivity index is 1.65. The van der Waals surface area contributed by atoms with Crippen LogP contribution in [0.2, 0.25) is 0 Å². The van der Waals surface area contributed by atoms with Crippen LogP contribution in [0.15, 0.2) is 85.3 Å². The number of carbonyl (C=O) groups is 1. The predicted molar refractivity (Wildman–Crippen MR) is 104 cm³/mol. The quantitative estimate of drug-likeness (QED) is 0.576. The number of halogens is 1. The zero-order valence-corrected chi connectivity index (χ0v) is 14.9. The molecule has 28 heavy (non-hydrogen) atoms. The standard InChI is InChI=1S/C22H17FN4O/c23-19-8-6-16(7-9-19)21-18(14-25-22(28)17-10-12-24-13-11-17)15-27(26-21)20-4-2-1-3-5-20/h1-13,15H,14H2,(H,25,28). The maximum atomic E-state index is 13.3. The molecule has 0 atom stereocenters. The minimum Gasteiger partial charge on any atom is -0.348 e. The Kier molecular flexibility index (Phi) is 4.93. The molecule has 0 unspecified atom stereocenters. The molecule has 0 bridgehead atoms. The van der Waals surface area contributed by atoms with Gasteiger partial charge in [0.25, 0.3) is 5.91 Å². The number of nitrogens with one attached hydrogen (secondary N) is 1. The molecule has 2 heterocycles. The van der Waals surface area contributed by atoms with Crippen molar-refractivity contribution in [2.75, 3.05) is 0 Å². The molecule has 0 saturated carbocycles. The lowest BCUT2D eigenvalue weighted by Crippen LogP contribution is -2.22. The molecule has 0 aliphatic carbocycles. The third-order valence-electron chi connectivity index (χ3n) is 4.31. The van der Waals surface area contributed by atoms with Gasteiger partial charge in [0.15, 0.2) is 0 Å². The van der Waals surface area contributed by atoms with Gasteiger partial charge in [0.05, 0.1) is 11.4 Å². The second-order valence-electron chi connectivity index (χ2n) is 6.21. The lowest BCUT2D eigenvalue weighted by molar-refractivity contribution is 0.0951. The van der Waals surface area contributed by atoms with Crippen LogP contribution in [0.25, 0.3) is 16.9 Å². The summed E-state index contributed by atoms with van der Waals surface area (Å²) in [6.45, 7) is 0.292. The van der Waals surface area contributed by atoms with E-state index in [1.165, 1.54) is 12.1 Å². The molecule has 0 aliphatic rings. The number of nitrogens with zero attached hydrogens (tertiary/aromatic N) is 3. The van der Waals surface area contributed by atoms with Gasteiger partial charge in [-0.25, -0.2) is 9.07 Å². The number of aromatic nitrogens is 3. The Bertz CT molecular complexity index is 1080. The molecular formula is C22H17FN4O. The molecule has 6 heteroatoms. The molecule has 1 amide bonds. The summed E-state index contributed by atoms with van der Waals surface area (Å²) in [6, 6.07) is 19.2. The first-order chi connectivity index (χ1) is 13.7. The summed E-state index contributed by atoms with van der Waals surface area (Å²) >= 11 is 0. The molecule has 2 aromatic heterocycles. The van der Waals surface area contributed by atoms with Gasteiger partial charge in [-0.1, -0.05) is 18.2 Å². The maximum Gasteiger partial charge on any atom is 0.251 e. The van der Waals surface area contributed by atoms with Crippen LogP contribution in [0.1, 0.15) is 15.9 Å². The van der Waals surface area contributed by atoms with Gasteiger partial charge in [0, 0.05) is 41.8 Å². The highest BCUT2D eigenvalue weighted by molar-refractivity contribution is 5.94. The lowest BCUT2D eigenvalue weighted by Gasteiger charge is -2.05. The second-order valence-corrected chi connectivity index (χ2v) is 6.21. The van der Waals surface area contributed by atoms with Crippen LogP contribution in [0.3, 0.4) is 0 Å². The van der Waals surface area contributed by atoms with Crippen molar-refractivity contribution >= 4 is 5.91 Å². The number of hydrogen-bond donors (Lipinski definition) is 1. The third kappa shape index (κ3) is 3.81. The van der Waals surface area contributed by atoms with E-state index in [1.54, 1.807) is 41.3 Å². The van der Waals surface area contributed by atoms with Gasteiger partial charge < -0.3 is 5.32 Å². The normalized spacial score (nSPS) is 10.6. The van der Waals surface area contributed by atoms with E-state index >= 15 is 0 Å². The highest BCUT2D eigenvalue weighted by Crippen LogP contribution is 2.24. The number of benzene rings is 2. The van der Waals surface area contributed by atoms with Crippen LogP contribution >= 0.6 is 0 Å². The zero-order chi connectivity index (χ0) is 19.3. The highest BCUT2D eigenvalue weighted by atomic mass is 19.1. The number of para-hydroxylation sites is 1. The van der Waals surface area contributed by atoms with Gasteiger partial charge in [0.2, 0.25) is 0 Å². The Morgan fingerprint density at radius 2 is 1.68 bits per heavy atom. The van der Waals surface area contributed by atoms with Crippen molar-refractivity contribution in [3.63, 3.8) is 0 Å². The summed E-state index contributed by atoms with van der Waals surface area (Å²) in [7, 11) is 0. The van der Waals surface area contributed by atoms with Crippen molar-refractivity contribution in [2.24, 2.45) is 0 Å². The minimum atomic E-state index is -0.307. The van der Waals surface area contributed by atoms with Gasteiger partial charge >= 0.3 is 0 Å². The lowest BCUT2D eigenvalue weighted by atomic mass is 10.1. The number of carbonyl (C=O) groups excluding carboxylic acids is 1. The van der Waals surface area contributed by atoms with E-state index in [0.29, 0.717) is 17.8 Å². The molecule has 0 saturated heterocycles. The van der Waals surface area contributed by atoms with E-state index in [2.05, 4.69) is 15.4 Å². The molecule has 4 aromatic rings. The molecule has 4 rings (SSSR count). The van der Waals surface area contributed by atoms with E-state index in [-0.39, 0.29) is 11.7 Å². The smallest absolute Gasteiger partial charge is 0.251 e. The maximum absolute atomic E-state index is 13.3. The van der Waals surface area contributed by atoms with Crippen LogP contribution in [0, 0.1) is 5.82 Å². The number of hydrogen-bond acceptors (Lipinski definition) is 3. The largest absolute Gasteiger partial charge is 0.348 e. The molecule has 0 spiro atoms. The molecule has 0 aliphatic heterocycles. The van der Waals surface area contributed by atoms with Crippen molar-refractivity contribution in [3.8, 4) is 16.9 Å². The molecule has 5 nitrogen and oxygen atoms in total. The van der Waals surface area contributed by atoms with Gasteiger partial charge in [-0.15, -0.1) is 0 Å². The number of rotatable bonds is 5. The zero-order valence-electron chi connectivity index (χ0n) is 14.9. The van der Waals surface area contributed by atoms with Crippen molar-refractivity contribution in [1.82, 2.24) is 20.1 Å². The highest BCUT2D eigenvalue weighted by Gasteiger charge is 2.14. The Morgan fingerprint density at radius 3 is 2.39 bits per heavy atom. The predicted octanol–water partition coefficient (Wildman–Crippen LogP) is 4.00. The van der Waals surface area contributed by atoms with Gasteiger partial charge in [0.1, 0.15) is 5.82 Å². The Hall–Kier alpha value is -3.80.